The molecular formula is C29H21FN2O3. The van der Waals surface area contributed by atoms with Crippen LogP contribution in [0.5, 0.6) is 0 Å². The summed E-state index contributed by atoms with van der Waals surface area (Å²) in [4.78, 5) is 24.6. The minimum atomic E-state index is -1.07. The quantitative estimate of drug-likeness (QED) is 0.360. The second-order valence-corrected chi connectivity index (χ2v) is 8.13. The van der Waals surface area contributed by atoms with Crippen molar-refractivity contribution in [3.8, 4) is 6.07 Å². The van der Waals surface area contributed by atoms with Crippen LogP contribution in [-0.4, -0.2) is 17.0 Å². The van der Waals surface area contributed by atoms with Gasteiger partial charge in [-0.1, -0.05) is 36.4 Å². The molecule has 4 rings (SSSR count). The number of rotatable bonds is 7. The molecule has 6 heteroatoms. The third kappa shape index (κ3) is 5.98. The van der Waals surface area contributed by atoms with Gasteiger partial charge in [0, 0.05) is 11.3 Å². The van der Waals surface area contributed by atoms with Crippen molar-refractivity contribution in [2.24, 2.45) is 0 Å². The molecule has 0 unspecified atom stereocenters. The van der Waals surface area contributed by atoms with Crippen LogP contribution in [0.25, 0.3) is 0 Å². The van der Waals surface area contributed by atoms with E-state index in [1.165, 1.54) is 24.3 Å². The molecule has 0 aliphatic heterocycles. The summed E-state index contributed by atoms with van der Waals surface area (Å²) in [6.07, 6.45) is 0.818. The van der Waals surface area contributed by atoms with Gasteiger partial charge in [0.1, 0.15) is 5.82 Å². The van der Waals surface area contributed by atoms with E-state index < -0.39 is 5.97 Å². The second-order valence-electron chi connectivity index (χ2n) is 8.13. The molecule has 1 amide bonds. The fourth-order valence-electron chi connectivity index (χ4n) is 3.87. The zero-order valence-electron chi connectivity index (χ0n) is 18.7. The highest BCUT2D eigenvalue weighted by Crippen LogP contribution is 2.23. The number of carbonyl (C=O) groups is 2. The van der Waals surface area contributed by atoms with Gasteiger partial charge in [-0.15, -0.1) is 0 Å². The Bertz CT molecular complexity index is 1460. The number of hydrogen-bond donors (Lipinski definition) is 2. The van der Waals surface area contributed by atoms with E-state index in [2.05, 4.69) is 11.4 Å². The molecule has 2 N–H and O–H groups in total. The van der Waals surface area contributed by atoms with E-state index in [1.807, 2.05) is 18.2 Å². The lowest BCUT2D eigenvalue weighted by molar-refractivity contribution is 0.0696. The van der Waals surface area contributed by atoms with Crippen molar-refractivity contribution in [2.45, 2.75) is 12.8 Å². The first-order chi connectivity index (χ1) is 16.9. The van der Waals surface area contributed by atoms with Gasteiger partial charge in [-0.05, 0) is 89.7 Å². The number of anilines is 1. The van der Waals surface area contributed by atoms with E-state index in [4.69, 9.17) is 0 Å². The zero-order valence-corrected chi connectivity index (χ0v) is 18.7. The van der Waals surface area contributed by atoms with Gasteiger partial charge in [-0.3, -0.25) is 4.79 Å². The van der Waals surface area contributed by atoms with E-state index in [-0.39, 0.29) is 17.3 Å². The van der Waals surface area contributed by atoms with Gasteiger partial charge < -0.3 is 10.4 Å². The number of nitrogens with one attached hydrogen (secondary N) is 1. The Morgan fingerprint density at radius 2 is 1.49 bits per heavy atom. The molecule has 0 atom stereocenters. The van der Waals surface area contributed by atoms with Crippen LogP contribution in [0.3, 0.4) is 0 Å². The highest BCUT2D eigenvalue weighted by atomic mass is 19.1. The Morgan fingerprint density at radius 1 is 0.800 bits per heavy atom. The third-order valence-corrected chi connectivity index (χ3v) is 5.54. The number of carboxylic acid groups (broad SMARTS) is 1. The summed E-state index contributed by atoms with van der Waals surface area (Å²) >= 11 is 0. The molecule has 5 nitrogen and oxygen atoms in total. The number of carbonyl (C=O) groups excluding carboxylic acids is 1. The van der Waals surface area contributed by atoms with Crippen LogP contribution >= 0.6 is 0 Å². The molecule has 172 valence electrons. The first-order valence-corrected chi connectivity index (χ1v) is 10.9. The lowest BCUT2D eigenvalue weighted by Gasteiger charge is -2.13. The second kappa shape index (κ2) is 10.4. The van der Waals surface area contributed by atoms with Crippen molar-refractivity contribution in [1.82, 2.24) is 0 Å². The van der Waals surface area contributed by atoms with Gasteiger partial charge >= 0.3 is 5.97 Å². The van der Waals surface area contributed by atoms with Crippen molar-refractivity contribution < 1.29 is 19.1 Å². The van der Waals surface area contributed by atoms with Crippen molar-refractivity contribution in [1.29, 1.82) is 5.26 Å². The number of hydrogen-bond acceptors (Lipinski definition) is 3. The van der Waals surface area contributed by atoms with Crippen LogP contribution < -0.4 is 5.32 Å². The molecule has 0 aliphatic rings. The molecule has 0 aromatic heterocycles. The summed E-state index contributed by atoms with van der Waals surface area (Å²) in [6.45, 7) is 0. The molecular weight excluding hydrogens is 443 g/mol. The molecule has 0 heterocycles. The number of aromatic carboxylic acids is 1. The fraction of sp³-hybridized carbons (Fsp3) is 0.0690. The van der Waals surface area contributed by atoms with Crippen LogP contribution in [0.15, 0.2) is 91.0 Å². The molecule has 0 aliphatic carbocycles. The van der Waals surface area contributed by atoms with Crippen LogP contribution in [0.1, 0.15) is 48.5 Å². The average molecular weight is 464 g/mol. The molecule has 0 radical (unpaired) electrons. The van der Waals surface area contributed by atoms with E-state index in [0.717, 1.165) is 16.7 Å². The normalized spacial score (nSPS) is 10.4. The zero-order chi connectivity index (χ0) is 24.8. The van der Waals surface area contributed by atoms with Gasteiger partial charge in [0.15, 0.2) is 0 Å². The van der Waals surface area contributed by atoms with E-state index >= 15 is 0 Å². The van der Waals surface area contributed by atoms with Gasteiger partial charge in [-0.2, -0.15) is 5.26 Å². The first kappa shape index (κ1) is 23.4. The van der Waals surface area contributed by atoms with E-state index in [9.17, 15) is 24.3 Å². The maximum atomic E-state index is 13.5. The van der Waals surface area contributed by atoms with Crippen molar-refractivity contribution in [2.75, 3.05) is 5.32 Å². The number of halogens is 1. The standard InChI is InChI=1S/C29H21FN2O3/c30-26-9-3-6-21(16-26)12-19-5-2-8-23(14-19)28(33)32-27-11-10-24(29(34)35)17-25(27)15-20-4-1-7-22(13-20)18-31/h1-11,13-14,16-17H,12,15H2,(H,32,33)(H,34,35). The molecule has 0 bridgehead atoms. The minimum absolute atomic E-state index is 0.103. The average Bonchev–Trinajstić information content (AvgIpc) is 2.85. The number of nitrogens with zero attached hydrogens (tertiary/aromatic N) is 1. The maximum absolute atomic E-state index is 13.5. The maximum Gasteiger partial charge on any atom is 0.335 e. The summed E-state index contributed by atoms with van der Waals surface area (Å²) in [5.74, 6) is -1.73. The molecule has 4 aromatic carbocycles. The monoisotopic (exact) mass is 464 g/mol. The molecule has 35 heavy (non-hydrogen) atoms. The molecule has 4 aromatic rings. The topological polar surface area (TPSA) is 90.2 Å². The predicted octanol–water partition coefficient (Wildman–Crippen LogP) is 5.83. The summed E-state index contributed by atoms with van der Waals surface area (Å²) in [5, 5.41) is 21.5. The highest BCUT2D eigenvalue weighted by Gasteiger charge is 2.14. The predicted molar refractivity (Wildman–Crippen MR) is 131 cm³/mol. The van der Waals surface area contributed by atoms with Gasteiger partial charge in [0.05, 0.1) is 17.2 Å². The van der Waals surface area contributed by atoms with Crippen LogP contribution in [0, 0.1) is 17.1 Å². The summed E-state index contributed by atoms with van der Waals surface area (Å²) in [7, 11) is 0. The van der Waals surface area contributed by atoms with Gasteiger partial charge in [0.25, 0.3) is 5.91 Å². The SMILES string of the molecule is N#Cc1cccc(Cc2cc(C(=O)O)ccc2NC(=O)c2cccc(Cc3cccc(F)c3)c2)c1. The van der Waals surface area contributed by atoms with Gasteiger partial charge in [0.2, 0.25) is 0 Å². The Labute approximate surface area is 202 Å². The minimum Gasteiger partial charge on any atom is -0.478 e. The number of carboxylic acids is 1. The Morgan fingerprint density at radius 3 is 2.20 bits per heavy atom. The van der Waals surface area contributed by atoms with Crippen LogP contribution in [0.2, 0.25) is 0 Å². The highest BCUT2D eigenvalue weighted by molar-refractivity contribution is 6.05. The Hall–Kier alpha value is -4.76. The largest absolute Gasteiger partial charge is 0.478 e. The van der Waals surface area contributed by atoms with E-state index in [1.54, 1.807) is 48.5 Å². The lowest BCUT2D eigenvalue weighted by atomic mass is 9.99. The number of amides is 1. The Balaban J connectivity index is 1.59. The van der Waals surface area contributed by atoms with Crippen molar-refractivity contribution in [3.05, 3.63) is 136 Å². The summed E-state index contributed by atoms with van der Waals surface area (Å²) in [6, 6.07) is 27.1. The number of nitriles is 1. The van der Waals surface area contributed by atoms with Crippen molar-refractivity contribution in [3.63, 3.8) is 0 Å². The first-order valence-electron chi connectivity index (χ1n) is 10.9. The van der Waals surface area contributed by atoms with E-state index in [0.29, 0.717) is 35.2 Å². The molecule has 0 saturated carbocycles. The number of benzene rings is 4. The third-order valence-electron chi connectivity index (χ3n) is 5.54. The van der Waals surface area contributed by atoms with Crippen molar-refractivity contribution >= 4 is 17.6 Å². The lowest BCUT2D eigenvalue weighted by Crippen LogP contribution is -2.14. The molecule has 0 saturated heterocycles. The summed E-state index contributed by atoms with van der Waals surface area (Å²) < 4.78 is 13.5. The van der Waals surface area contributed by atoms with Crippen LogP contribution in [0.4, 0.5) is 10.1 Å². The molecule has 0 spiro atoms. The molecule has 0 fully saturated rings. The smallest absolute Gasteiger partial charge is 0.335 e. The Kier molecular flexibility index (Phi) is 6.99. The van der Waals surface area contributed by atoms with Gasteiger partial charge in [-0.25, -0.2) is 9.18 Å². The summed E-state index contributed by atoms with van der Waals surface area (Å²) in [5.41, 5.74) is 4.61. The fourth-order valence-corrected chi connectivity index (χ4v) is 3.87. The van der Waals surface area contributed by atoms with Crippen LogP contribution in [-0.2, 0) is 12.8 Å².